The maximum Gasteiger partial charge on any atom is -0.0132 e. The van der Waals surface area contributed by atoms with Gasteiger partial charge < -0.3 is 0 Å². The minimum Gasteiger partial charge on any atom is -0.0587 e. The van der Waals surface area contributed by atoms with E-state index in [1.165, 1.54) is 38.9 Å². The van der Waals surface area contributed by atoms with Crippen LogP contribution in [0.15, 0.2) is 66.7 Å². The molecule has 3 aromatic carbocycles. The Kier molecular flexibility index (Phi) is 5.77. The summed E-state index contributed by atoms with van der Waals surface area (Å²) in [6.07, 6.45) is 0. The van der Waals surface area contributed by atoms with Gasteiger partial charge in [0, 0.05) is 0 Å². The maximum absolute atomic E-state index is 2.38. The second-order valence-corrected chi connectivity index (χ2v) is 10.6. The van der Waals surface area contributed by atoms with Crippen molar-refractivity contribution in [2.75, 3.05) is 0 Å². The third-order valence-corrected chi connectivity index (χ3v) is 5.82. The lowest BCUT2D eigenvalue weighted by Crippen LogP contribution is -2.10. The highest BCUT2D eigenvalue weighted by Gasteiger charge is 2.16. The van der Waals surface area contributed by atoms with E-state index in [9.17, 15) is 0 Å². The molecule has 0 bridgehead atoms. The van der Waals surface area contributed by atoms with Crippen molar-refractivity contribution in [2.24, 2.45) is 0 Å². The predicted molar refractivity (Wildman–Crippen MR) is 129 cm³/mol. The molecular weight excluding hydrogens is 348 g/mol. The normalized spacial score (nSPS) is 12.4. The summed E-state index contributed by atoms with van der Waals surface area (Å²) in [6.45, 7) is 18.2. The van der Waals surface area contributed by atoms with Crippen molar-refractivity contribution in [3.05, 3.63) is 83.4 Å². The predicted octanol–water partition coefficient (Wildman–Crippen LogP) is 8.74. The molecule has 0 saturated heterocycles. The molecule has 0 atom stereocenters. The van der Waals surface area contributed by atoms with Gasteiger partial charge >= 0.3 is 0 Å². The molecule has 152 valence electrons. The highest BCUT2D eigenvalue weighted by Crippen LogP contribution is 2.35. The summed E-state index contributed by atoms with van der Waals surface area (Å²) in [5.41, 5.74) is 9.76. The summed E-state index contributed by atoms with van der Waals surface area (Å²) in [6, 6.07) is 25.1. The van der Waals surface area contributed by atoms with Crippen LogP contribution in [-0.2, 0) is 10.8 Å². The van der Waals surface area contributed by atoms with E-state index in [2.05, 4.69) is 122 Å². The van der Waals surface area contributed by atoms with Gasteiger partial charge in [-0.2, -0.15) is 0 Å². The Balaban J connectivity index is 2.00. The van der Waals surface area contributed by atoms with Gasteiger partial charge in [-0.05, 0) is 55.7 Å². The molecule has 0 unspecified atom stereocenters. The monoisotopic (exact) mass is 384 g/mol. The fourth-order valence-corrected chi connectivity index (χ4v) is 3.80. The van der Waals surface area contributed by atoms with Crippen LogP contribution in [0.4, 0.5) is 0 Å². The summed E-state index contributed by atoms with van der Waals surface area (Å²) in [7, 11) is 0. The number of benzene rings is 3. The Bertz CT molecular complexity index is 957. The third kappa shape index (κ3) is 4.81. The largest absolute Gasteiger partial charge is 0.0587 e. The van der Waals surface area contributed by atoms with Crippen LogP contribution in [0.5, 0.6) is 0 Å². The van der Waals surface area contributed by atoms with Gasteiger partial charge in [0.15, 0.2) is 0 Å². The number of hydrogen-bond donors (Lipinski definition) is 0. The van der Waals surface area contributed by atoms with Crippen LogP contribution in [0.1, 0.15) is 78.0 Å². The summed E-state index contributed by atoms with van der Waals surface area (Å²) in [4.78, 5) is 0. The van der Waals surface area contributed by atoms with Crippen molar-refractivity contribution in [3.8, 4) is 22.3 Å². The SMILES string of the molecule is CC(C)c1cc(-c2ccc(C(C)(C)C)cc2)ccc1-c1ccc(C(C)(C)C)cc1. The molecule has 3 aromatic rings. The zero-order chi connectivity index (χ0) is 21.4. The van der Waals surface area contributed by atoms with E-state index in [1.807, 2.05) is 0 Å². The van der Waals surface area contributed by atoms with Crippen LogP contribution >= 0.6 is 0 Å². The number of hydrogen-bond acceptors (Lipinski definition) is 0. The number of rotatable bonds is 3. The molecule has 0 heterocycles. The van der Waals surface area contributed by atoms with E-state index in [0.717, 1.165) is 0 Å². The zero-order valence-corrected chi connectivity index (χ0v) is 19.4. The van der Waals surface area contributed by atoms with Crippen molar-refractivity contribution in [1.82, 2.24) is 0 Å². The van der Waals surface area contributed by atoms with Gasteiger partial charge in [-0.25, -0.2) is 0 Å². The standard InChI is InChI=1S/C29H36/c1-20(2)27-19-23(21-9-14-24(15-10-21)28(3,4)5)13-18-26(27)22-11-16-25(17-12-22)29(6,7)8/h9-20H,1-8H3. The first kappa shape index (κ1) is 21.4. The highest BCUT2D eigenvalue weighted by atomic mass is 14.2. The molecule has 0 radical (unpaired) electrons. The van der Waals surface area contributed by atoms with E-state index in [0.29, 0.717) is 5.92 Å². The van der Waals surface area contributed by atoms with E-state index in [1.54, 1.807) is 0 Å². The third-order valence-electron chi connectivity index (χ3n) is 5.82. The topological polar surface area (TPSA) is 0 Å². The van der Waals surface area contributed by atoms with E-state index >= 15 is 0 Å². The zero-order valence-electron chi connectivity index (χ0n) is 19.4. The maximum atomic E-state index is 2.38. The first-order valence-corrected chi connectivity index (χ1v) is 10.8. The second-order valence-electron chi connectivity index (χ2n) is 10.6. The molecule has 0 aromatic heterocycles. The summed E-state index contributed by atoms with van der Waals surface area (Å²) in [5, 5.41) is 0. The first-order valence-electron chi connectivity index (χ1n) is 10.8. The molecule has 0 aliphatic carbocycles. The lowest BCUT2D eigenvalue weighted by atomic mass is 9.84. The van der Waals surface area contributed by atoms with Gasteiger partial charge in [-0.1, -0.05) is 122 Å². The summed E-state index contributed by atoms with van der Waals surface area (Å²) >= 11 is 0. The summed E-state index contributed by atoms with van der Waals surface area (Å²) in [5.74, 6) is 0.473. The Morgan fingerprint density at radius 2 is 0.931 bits per heavy atom. The highest BCUT2D eigenvalue weighted by molar-refractivity contribution is 5.74. The Hall–Kier alpha value is -2.34. The Morgan fingerprint density at radius 1 is 0.517 bits per heavy atom. The fraction of sp³-hybridized carbons (Fsp3) is 0.379. The van der Waals surface area contributed by atoms with Gasteiger partial charge in [0.05, 0.1) is 0 Å². The van der Waals surface area contributed by atoms with Crippen LogP contribution < -0.4 is 0 Å². The van der Waals surface area contributed by atoms with Gasteiger partial charge in [-0.3, -0.25) is 0 Å². The lowest BCUT2D eigenvalue weighted by Gasteiger charge is -2.21. The molecule has 0 aliphatic heterocycles. The van der Waals surface area contributed by atoms with Crippen LogP contribution in [-0.4, -0.2) is 0 Å². The molecule has 0 N–H and O–H groups in total. The van der Waals surface area contributed by atoms with E-state index in [4.69, 9.17) is 0 Å². The van der Waals surface area contributed by atoms with Crippen molar-refractivity contribution in [1.29, 1.82) is 0 Å². The molecule has 0 nitrogen and oxygen atoms in total. The van der Waals surface area contributed by atoms with Crippen LogP contribution in [0.25, 0.3) is 22.3 Å². The molecule has 0 aliphatic rings. The molecule has 0 amide bonds. The Labute approximate surface area is 178 Å². The van der Waals surface area contributed by atoms with Gasteiger partial charge in [0.25, 0.3) is 0 Å². The smallest absolute Gasteiger partial charge is 0.0132 e. The molecule has 0 spiro atoms. The minimum atomic E-state index is 0.183. The van der Waals surface area contributed by atoms with Crippen molar-refractivity contribution in [3.63, 3.8) is 0 Å². The van der Waals surface area contributed by atoms with E-state index in [-0.39, 0.29) is 10.8 Å². The molecule has 0 fully saturated rings. The van der Waals surface area contributed by atoms with Gasteiger partial charge in [0.1, 0.15) is 0 Å². The Morgan fingerprint density at radius 3 is 1.34 bits per heavy atom. The molecular formula is C29H36. The van der Waals surface area contributed by atoms with Gasteiger partial charge in [0.2, 0.25) is 0 Å². The van der Waals surface area contributed by atoms with Crippen molar-refractivity contribution < 1.29 is 0 Å². The lowest BCUT2D eigenvalue weighted by molar-refractivity contribution is 0.590. The van der Waals surface area contributed by atoms with Crippen molar-refractivity contribution in [2.45, 2.75) is 72.1 Å². The van der Waals surface area contributed by atoms with Gasteiger partial charge in [-0.15, -0.1) is 0 Å². The molecule has 3 rings (SSSR count). The molecule has 0 heteroatoms. The minimum absolute atomic E-state index is 0.183. The van der Waals surface area contributed by atoms with Crippen LogP contribution in [0.3, 0.4) is 0 Å². The second kappa shape index (κ2) is 7.82. The average Bonchev–Trinajstić information content (AvgIpc) is 2.66. The summed E-state index contributed by atoms with van der Waals surface area (Å²) < 4.78 is 0. The first-order chi connectivity index (χ1) is 13.5. The fourth-order valence-electron chi connectivity index (χ4n) is 3.80. The average molecular weight is 385 g/mol. The van der Waals surface area contributed by atoms with Crippen LogP contribution in [0.2, 0.25) is 0 Å². The van der Waals surface area contributed by atoms with E-state index < -0.39 is 0 Å². The quantitative estimate of drug-likeness (QED) is 0.423. The van der Waals surface area contributed by atoms with Crippen molar-refractivity contribution >= 4 is 0 Å². The molecule has 29 heavy (non-hydrogen) atoms. The van der Waals surface area contributed by atoms with Crippen LogP contribution in [0, 0.1) is 0 Å². The molecule has 0 saturated carbocycles.